The van der Waals surface area contributed by atoms with Crippen LogP contribution in [0.4, 0.5) is 0 Å². The lowest BCUT2D eigenvalue weighted by Gasteiger charge is -2.10. The second-order valence-corrected chi connectivity index (χ2v) is 2.91. The summed E-state index contributed by atoms with van der Waals surface area (Å²) in [6.45, 7) is 2.56. The van der Waals surface area contributed by atoms with Crippen molar-refractivity contribution >= 4 is 0 Å². The third kappa shape index (κ3) is 11.3. The van der Waals surface area contributed by atoms with Gasteiger partial charge in [-0.2, -0.15) is 0 Å². The summed E-state index contributed by atoms with van der Waals surface area (Å²) >= 11 is 0. The Kier molecular flexibility index (Phi) is 12.3. The predicted molar refractivity (Wildman–Crippen MR) is 60.2 cm³/mol. The second-order valence-electron chi connectivity index (χ2n) is 2.91. The van der Waals surface area contributed by atoms with Gasteiger partial charge in [0, 0.05) is 21.3 Å². The monoisotopic (exact) mass is 249 g/mol. The Morgan fingerprint density at radius 2 is 1.18 bits per heavy atom. The van der Waals surface area contributed by atoms with Crippen molar-refractivity contribution in [2.45, 2.75) is 0 Å². The summed E-state index contributed by atoms with van der Waals surface area (Å²) in [4.78, 5) is 0. The first-order valence-corrected chi connectivity index (χ1v) is 5.32. The van der Waals surface area contributed by atoms with Crippen LogP contribution in [0.3, 0.4) is 0 Å². The van der Waals surface area contributed by atoms with Crippen molar-refractivity contribution < 1.29 is 28.4 Å². The molecule has 0 aliphatic rings. The molecule has 0 bridgehead atoms. The summed E-state index contributed by atoms with van der Waals surface area (Å²) in [6, 6.07) is 0. The van der Waals surface area contributed by atoms with Crippen molar-refractivity contribution in [1.82, 2.24) is 0 Å². The summed E-state index contributed by atoms with van der Waals surface area (Å²) in [5.41, 5.74) is 0. The van der Waals surface area contributed by atoms with E-state index in [1.807, 2.05) is 0 Å². The Labute approximate surface area is 102 Å². The van der Waals surface area contributed by atoms with Crippen LogP contribution in [0.25, 0.3) is 0 Å². The zero-order valence-electron chi connectivity index (χ0n) is 10.7. The smallest absolute Gasteiger partial charge is 0.328 e. The summed E-state index contributed by atoms with van der Waals surface area (Å²) < 4.78 is 30.1. The minimum absolute atomic E-state index is 0.190. The molecule has 0 spiro atoms. The van der Waals surface area contributed by atoms with Crippen molar-refractivity contribution in [3.05, 3.63) is 12.2 Å². The van der Waals surface area contributed by atoms with E-state index in [4.69, 9.17) is 28.4 Å². The topological polar surface area (TPSA) is 55.4 Å². The van der Waals surface area contributed by atoms with Crippen molar-refractivity contribution in [3.8, 4) is 0 Å². The van der Waals surface area contributed by atoms with E-state index in [2.05, 4.69) is 6.26 Å². The molecule has 0 rings (SSSR count). The van der Waals surface area contributed by atoms with E-state index in [-0.39, 0.29) is 5.95 Å². The molecule has 0 saturated carbocycles. The molecule has 0 fully saturated rings. The molecule has 6 nitrogen and oxygen atoms in total. The quantitative estimate of drug-likeness (QED) is 0.372. The lowest BCUT2D eigenvalue weighted by atomic mass is 10.7. The van der Waals surface area contributed by atoms with E-state index < -0.39 is 0 Å². The number of methoxy groups -OCH3 is 3. The summed E-state index contributed by atoms with van der Waals surface area (Å²) in [5.74, 6) is 0.190. The van der Waals surface area contributed by atoms with E-state index in [1.165, 1.54) is 0 Å². The molecule has 0 aromatic heterocycles. The van der Waals surface area contributed by atoms with Gasteiger partial charge < -0.3 is 28.4 Å². The first-order chi connectivity index (χ1) is 8.35. The van der Waals surface area contributed by atoms with Gasteiger partial charge in [-0.1, -0.05) is 0 Å². The van der Waals surface area contributed by atoms with E-state index in [1.54, 1.807) is 21.3 Å². The van der Waals surface area contributed by atoms with Gasteiger partial charge in [0.1, 0.15) is 19.8 Å². The molecule has 101 valence electrons. The average molecular weight is 249 g/mol. The number of ether oxygens (including phenoxy) is 6. The van der Waals surface area contributed by atoms with Gasteiger partial charge in [-0.25, -0.2) is 0 Å². The summed E-state index contributed by atoms with van der Waals surface area (Å²) in [7, 11) is 4.78. The Balaban J connectivity index is 3.81. The largest absolute Gasteiger partial charge is 0.481 e. The number of hydrogen-bond donors (Lipinski definition) is 0. The highest BCUT2D eigenvalue weighted by molar-refractivity contribution is 4.69. The van der Waals surface area contributed by atoms with Gasteiger partial charge in [0.05, 0.1) is 19.8 Å². The van der Waals surface area contributed by atoms with Crippen molar-refractivity contribution in [2.75, 3.05) is 61.0 Å². The van der Waals surface area contributed by atoms with Crippen molar-refractivity contribution in [2.24, 2.45) is 0 Å². The first kappa shape index (κ1) is 16.0. The Morgan fingerprint density at radius 1 is 0.706 bits per heavy atom. The Bertz CT molecular complexity index is 171. The lowest BCUT2D eigenvalue weighted by Crippen LogP contribution is -2.09. The van der Waals surface area contributed by atoms with Crippen LogP contribution in [0, 0.1) is 6.26 Å². The van der Waals surface area contributed by atoms with Crippen LogP contribution in [0.2, 0.25) is 0 Å². The standard InChI is InChI=1S/C11H21O6/c1-12-4-7-15-10-11(16-8-5-13-2)17-9-6-14-3/h4-9H2,1-3H3. The van der Waals surface area contributed by atoms with Gasteiger partial charge in [-0.05, 0) is 0 Å². The molecule has 0 aliphatic heterocycles. The molecular weight excluding hydrogens is 228 g/mol. The molecule has 0 aromatic rings. The molecule has 6 heteroatoms. The fourth-order valence-electron chi connectivity index (χ4n) is 0.771. The van der Waals surface area contributed by atoms with Crippen molar-refractivity contribution in [3.63, 3.8) is 0 Å². The molecule has 0 atom stereocenters. The zero-order valence-corrected chi connectivity index (χ0v) is 10.7. The lowest BCUT2D eigenvalue weighted by molar-refractivity contribution is -0.0172. The number of rotatable bonds is 12. The fraction of sp³-hybridized carbons (Fsp3) is 0.818. The number of hydrogen-bond acceptors (Lipinski definition) is 6. The Morgan fingerprint density at radius 3 is 1.65 bits per heavy atom. The maximum Gasteiger partial charge on any atom is 0.328 e. The van der Waals surface area contributed by atoms with Crippen LogP contribution in [0.5, 0.6) is 0 Å². The fourth-order valence-corrected chi connectivity index (χ4v) is 0.771. The van der Waals surface area contributed by atoms with Gasteiger partial charge in [-0.3, -0.25) is 0 Å². The molecule has 0 unspecified atom stereocenters. The van der Waals surface area contributed by atoms with Gasteiger partial charge in [0.15, 0.2) is 0 Å². The maximum atomic E-state index is 5.25. The maximum absolute atomic E-state index is 5.25. The molecule has 17 heavy (non-hydrogen) atoms. The second kappa shape index (κ2) is 13.1. The van der Waals surface area contributed by atoms with Crippen LogP contribution >= 0.6 is 0 Å². The summed E-state index contributed by atoms with van der Waals surface area (Å²) in [5, 5.41) is 0. The molecule has 0 saturated heterocycles. The van der Waals surface area contributed by atoms with E-state index in [0.717, 1.165) is 0 Å². The van der Waals surface area contributed by atoms with Crippen molar-refractivity contribution in [1.29, 1.82) is 0 Å². The van der Waals surface area contributed by atoms with Crippen LogP contribution in [0.15, 0.2) is 5.95 Å². The molecule has 0 N–H and O–H groups in total. The normalized spacial score (nSPS) is 9.82. The average Bonchev–Trinajstić information content (AvgIpc) is 2.34. The third-order valence-corrected chi connectivity index (χ3v) is 1.59. The van der Waals surface area contributed by atoms with Gasteiger partial charge in [0.2, 0.25) is 0 Å². The highest BCUT2D eigenvalue weighted by Gasteiger charge is 2.01. The minimum atomic E-state index is 0.190. The molecule has 1 radical (unpaired) electrons. The highest BCUT2D eigenvalue weighted by Crippen LogP contribution is 2.00. The minimum Gasteiger partial charge on any atom is -0.481 e. The van der Waals surface area contributed by atoms with Crippen LogP contribution < -0.4 is 0 Å². The van der Waals surface area contributed by atoms with Gasteiger partial charge >= 0.3 is 5.95 Å². The molecule has 0 aliphatic carbocycles. The summed E-state index contributed by atoms with van der Waals surface area (Å²) in [6.07, 6.45) is 2.55. The Hall–Kier alpha value is -0.980. The molecule has 0 aromatic carbocycles. The van der Waals surface area contributed by atoms with E-state index in [0.29, 0.717) is 39.6 Å². The SMILES string of the molecule is COCCO[C]=C(OCCOC)OCCOC. The predicted octanol–water partition coefficient (Wildman–Crippen LogP) is 0.577. The molecule has 0 amide bonds. The molecular formula is C11H21O6. The van der Waals surface area contributed by atoms with Gasteiger partial charge in [-0.15, -0.1) is 0 Å². The van der Waals surface area contributed by atoms with Crippen LogP contribution in [-0.4, -0.2) is 61.0 Å². The highest BCUT2D eigenvalue weighted by atomic mass is 16.7. The zero-order chi connectivity index (χ0) is 12.8. The third-order valence-electron chi connectivity index (χ3n) is 1.59. The van der Waals surface area contributed by atoms with E-state index in [9.17, 15) is 0 Å². The van der Waals surface area contributed by atoms with Crippen LogP contribution in [0.1, 0.15) is 0 Å². The van der Waals surface area contributed by atoms with Gasteiger partial charge in [0.25, 0.3) is 6.26 Å². The first-order valence-electron chi connectivity index (χ1n) is 5.32. The van der Waals surface area contributed by atoms with E-state index >= 15 is 0 Å². The molecule has 0 heterocycles. The van der Waals surface area contributed by atoms with Crippen LogP contribution in [-0.2, 0) is 28.4 Å².